The van der Waals surface area contributed by atoms with Gasteiger partial charge in [0.05, 0.1) is 6.04 Å². The number of hydrogen-bond acceptors (Lipinski definition) is 4. The third-order valence-electron chi connectivity index (χ3n) is 4.56. The SMILES string of the molecule is CC(NC(=O)CC1CSCCN1)c1cccc(N2CCCC2=O)c1. The van der Waals surface area contributed by atoms with Crippen molar-refractivity contribution in [3.05, 3.63) is 29.8 Å². The Morgan fingerprint density at radius 3 is 3.08 bits per heavy atom. The van der Waals surface area contributed by atoms with E-state index in [9.17, 15) is 9.59 Å². The standard InChI is InChI=1S/C18H25N3O2S/c1-13(20-17(22)11-15-12-24-9-7-19-15)14-4-2-5-16(10-14)21-8-3-6-18(21)23/h2,4-5,10,13,15,19H,3,6-9,11-12H2,1H3,(H,20,22). The Labute approximate surface area is 147 Å². The number of carbonyl (C=O) groups is 2. The maximum Gasteiger partial charge on any atom is 0.227 e. The molecule has 0 aromatic heterocycles. The Kier molecular flexibility index (Phi) is 5.79. The summed E-state index contributed by atoms with van der Waals surface area (Å²) < 4.78 is 0. The van der Waals surface area contributed by atoms with Crippen molar-refractivity contribution in [2.24, 2.45) is 0 Å². The molecule has 0 aliphatic carbocycles. The van der Waals surface area contributed by atoms with Gasteiger partial charge in [-0.2, -0.15) is 11.8 Å². The second-order valence-corrected chi connectivity index (χ2v) is 7.61. The van der Waals surface area contributed by atoms with Crippen LogP contribution in [-0.2, 0) is 9.59 Å². The smallest absolute Gasteiger partial charge is 0.227 e. The van der Waals surface area contributed by atoms with E-state index in [0.29, 0.717) is 12.8 Å². The second-order valence-electron chi connectivity index (χ2n) is 6.46. The van der Waals surface area contributed by atoms with Crippen LogP contribution in [0.5, 0.6) is 0 Å². The van der Waals surface area contributed by atoms with Gasteiger partial charge in [-0.25, -0.2) is 0 Å². The molecule has 0 bridgehead atoms. The highest BCUT2D eigenvalue weighted by Crippen LogP contribution is 2.24. The normalized spacial score (nSPS) is 22.5. The van der Waals surface area contributed by atoms with Crippen LogP contribution in [0.15, 0.2) is 24.3 Å². The van der Waals surface area contributed by atoms with Gasteiger partial charge in [-0.05, 0) is 31.0 Å². The highest BCUT2D eigenvalue weighted by Gasteiger charge is 2.23. The van der Waals surface area contributed by atoms with Crippen molar-refractivity contribution in [3.8, 4) is 0 Å². The zero-order chi connectivity index (χ0) is 16.9. The first-order valence-electron chi connectivity index (χ1n) is 8.64. The van der Waals surface area contributed by atoms with Gasteiger partial charge in [0.1, 0.15) is 0 Å². The van der Waals surface area contributed by atoms with Gasteiger partial charge in [-0.1, -0.05) is 12.1 Å². The first-order chi connectivity index (χ1) is 11.6. The maximum absolute atomic E-state index is 12.3. The number of nitrogens with zero attached hydrogens (tertiary/aromatic N) is 1. The molecular weight excluding hydrogens is 322 g/mol. The molecule has 0 spiro atoms. The van der Waals surface area contributed by atoms with Crippen LogP contribution in [0.25, 0.3) is 0 Å². The van der Waals surface area contributed by atoms with Crippen LogP contribution in [0.3, 0.4) is 0 Å². The minimum Gasteiger partial charge on any atom is -0.350 e. The fourth-order valence-electron chi connectivity index (χ4n) is 3.24. The fraction of sp³-hybridized carbons (Fsp3) is 0.556. The van der Waals surface area contributed by atoms with Crippen molar-refractivity contribution in [1.82, 2.24) is 10.6 Å². The molecule has 130 valence electrons. The highest BCUT2D eigenvalue weighted by molar-refractivity contribution is 7.99. The molecule has 2 unspecified atom stereocenters. The van der Waals surface area contributed by atoms with Gasteiger partial charge in [0.15, 0.2) is 0 Å². The van der Waals surface area contributed by atoms with E-state index < -0.39 is 0 Å². The molecule has 6 heteroatoms. The number of thioether (sulfide) groups is 1. The zero-order valence-electron chi connectivity index (χ0n) is 14.1. The number of nitrogens with one attached hydrogen (secondary N) is 2. The Hall–Kier alpha value is -1.53. The summed E-state index contributed by atoms with van der Waals surface area (Å²) in [5.74, 6) is 2.38. The van der Waals surface area contributed by atoms with E-state index >= 15 is 0 Å². The zero-order valence-corrected chi connectivity index (χ0v) is 14.9. The number of benzene rings is 1. The van der Waals surface area contributed by atoms with Crippen molar-refractivity contribution in [2.75, 3.05) is 29.5 Å². The van der Waals surface area contributed by atoms with Crippen molar-refractivity contribution in [3.63, 3.8) is 0 Å². The van der Waals surface area contributed by atoms with Crippen molar-refractivity contribution in [2.45, 2.75) is 38.3 Å². The predicted octanol–water partition coefficient (Wildman–Crippen LogP) is 2.09. The van der Waals surface area contributed by atoms with E-state index in [1.165, 1.54) is 0 Å². The van der Waals surface area contributed by atoms with Gasteiger partial charge in [-0.15, -0.1) is 0 Å². The molecular formula is C18H25N3O2S. The third kappa shape index (κ3) is 4.30. The molecule has 1 aromatic carbocycles. The summed E-state index contributed by atoms with van der Waals surface area (Å²) in [5, 5.41) is 6.47. The van der Waals surface area contributed by atoms with Crippen molar-refractivity contribution >= 4 is 29.3 Å². The maximum atomic E-state index is 12.3. The lowest BCUT2D eigenvalue weighted by Gasteiger charge is -2.24. The molecule has 24 heavy (non-hydrogen) atoms. The largest absolute Gasteiger partial charge is 0.350 e. The lowest BCUT2D eigenvalue weighted by atomic mass is 10.1. The van der Waals surface area contributed by atoms with Crippen LogP contribution >= 0.6 is 11.8 Å². The Morgan fingerprint density at radius 2 is 2.38 bits per heavy atom. The molecule has 0 saturated carbocycles. The van der Waals surface area contributed by atoms with Crippen LogP contribution in [0, 0.1) is 0 Å². The molecule has 5 nitrogen and oxygen atoms in total. The molecule has 2 heterocycles. The lowest BCUT2D eigenvalue weighted by molar-refractivity contribution is -0.122. The summed E-state index contributed by atoms with van der Waals surface area (Å²) >= 11 is 1.90. The van der Waals surface area contributed by atoms with Gasteiger partial charge >= 0.3 is 0 Å². The monoisotopic (exact) mass is 347 g/mol. The summed E-state index contributed by atoms with van der Waals surface area (Å²) in [7, 11) is 0. The van der Waals surface area contributed by atoms with E-state index in [2.05, 4.69) is 10.6 Å². The summed E-state index contributed by atoms with van der Waals surface area (Å²) in [5.41, 5.74) is 1.97. The predicted molar refractivity (Wildman–Crippen MR) is 98.3 cm³/mol. The summed E-state index contributed by atoms with van der Waals surface area (Å²) in [6, 6.07) is 8.14. The van der Waals surface area contributed by atoms with Gasteiger partial charge in [-0.3, -0.25) is 9.59 Å². The molecule has 2 saturated heterocycles. The van der Waals surface area contributed by atoms with E-state index in [4.69, 9.17) is 0 Å². The lowest BCUT2D eigenvalue weighted by Crippen LogP contribution is -2.41. The molecule has 2 aliphatic heterocycles. The number of anilines is 1. The van der Waals surface area contributed by atoms with Crippen LogP contribution in [0.1, 0.15) is 37.8 Å². The Morgan fingerprint density at radius 1 is 1.50 bits per heavy atom. The number of hydrogen-bond donors (Lipinski definition) is 2. The van der Waals surface area contributed by atoms with Crippen LogP contribution in [0.2, 0.25) is 0 Å². The van der Waals surface area contributed by atoms with Crippen molar-refractivity contribution < 1.29 is 9.59 Å². The summed E-state index contributed by atoms with van der Waals surface area (Å²) in [6.45, 7) is 3.75. The van der Waals surface area contributed by atoms with Gasteiger partial charge < -0.3 is 15.5 Å². The highest BCUT2D eigenvalue weighted by atomic mass is 32.2. The minimum atomic E-state index is -0.0635. The molecule has 2 amide bonds. The van der Waals surface area contributed by atoms with Gasteiger partial charge in [0.2, 0.25) is 11.8 Å². The third-order valence-corrected chi connectivity index (χ3v) is 5.69. The van der Waals surface area contributed by atoms with Gasteiger partial charge in [0, 0.05) is 49.2 Å². The molecule has 2 aliphatic rings. The van der Waals surface area contributed by atoms with E-state index in [0.717, 1.165) is 42.3 Å². The van der Waals surface area contributed by atoms with Gasteiger partial charge in [0.25, 0.3) is 0 Å². The molecule has 0 radical (unpaired) electrons. The molecule has 2 fully saturated rings. The van der Waals surface area contributed by atoms with Crippen LogP contribution < -0.4 is 15.5 Å². The molecule has 2 atom stereocenters. The number of amides is 2. The number of carbonyl (C=O) groups excluding carboxylic acids is 2. The molecule has 1 aromatic rings. The topological polar surface area (TPSA) is 61.4 Å². The molecule has 3 rings (SSSR count). The van der Waals surface area contributed by atoms with E-state index in [-0.39, 0.29) is 23.9 Å². The minimum absolute atomic E-state index is 0.0635. The first-order valence-corrected chi connectivity index (χ1v) is 9.80. The Balaban J connectivity index is 1.59. The molecule has 2 N–H and O–H groups in total. The average molecular weight is 347 g/mol. The summed E-state index contributed by atoms with van der Waals surface area (Å²) in [6.07, 6.45) is 2.06. The Bertz CT molecular complexity index is 602. The second kappa shape index (κ2) is 8.03. The number of rotatable bonds is 5. The van der Waals surface area contributed by atoms with E-state index in [1.807, 2.05) is 47.9 Å². The summed E-state index contributed by atoms with van der Waals surface area (Å²) in [4.78, 5) is 26.0. The first kappa shape index (κ1) is 17.3. The van der Waals surface area contributed by atoms with Crippen LogP contribution in [0.4, 0.5) is 5.69 Å². The van der Waals surface area contributed by atoms with Crippen molar-refractivity contribution in [1.29, 1.82) is 0 Å². The van der Waals surface area contributed by atoms with E-state index in [1.54, 1.807) is 0 Å². The van der Waals surface area contributed by atoms with Crippen LogP contribution in [-0.4, -0.2) is 42.5 Å². The quantitative estimate of drug-likeness (QED) is 0.856. The fourth-order valence-corrected chi connectivity index (χ4v) is 4.19. The average Bonchev–Trinajstić information content (AvgIpc) is 3.02.